The Labute approximate surface area is 165 Å². The van der Waals surface area contributed by atoms with Crippen molar-refractivity contribution >= 4 is 23.1 Å². The first-order valence-corrected chi connectivity index (χ1v) is 9.59. The number of halogens is 1. The number of aryl methyl sites for hydroxylation is 1. The Kier molecular flexibility index (Phi) is 4.99. The molecule has 0 aliphatic heterocycles. The topological polar surface area (TPSA) is 59.8 Å². The predicted molar refractivity (Wildman–Crippen MR) is 108 cm³/mol. The van der Waals surface area contributed by atoms with Gasteiger partial charge >= 0.3 is 0 Å². The molecule has 2 aromatic carbocycles. The van der Waals surface area contributed by atoms with Crippen molar-refractivity contribution < 1.29 is 9.18 Å². The molecule has 1 amide bonds. The summed E-state index contributed by atoms with van der Waals surface area (Å²) in [6, 6.07) is 17.5. The third-order valence-corrected chi connectivity index (χ3v) is 4.94. The van der Waals surface area contributed by atoms with E-state index in [2.05, 4.69) is 15.4 Å². The van der Waals surface area contributed by atoms with Crippen molar-refractivity contribution in [2.75, 3.05) is 5.32 Å². The second kappa shape index (κ2) is 7.74. The van der Waals surface area contributed by atoms with E-state index in [0.717, 1.165) is 22.5 Å². The summed E-state index contributed by atoms with van der Waals surface area (Å²) in [6.45, 7) is 1.86. The van der Waals surface area contributed by atoms with Gasteiger partial charge in [-0.15, -0.1) is 11.3 Å². The van der Waals surface area contributed by atoms with Crippen molar-refractivity contribution in [3.63, 3.8) is 0 Å². The van der Waals surface area contributed by atoms with E-state index in [1.165, 1.54) is 23.5 Å². The number of nitrogens with one attached hydrogen (secondary N) is 1. The van der Waals surface area contributed by atoms with E-state index >= 15 is 0 Å². The van der Waals surface area contributed by atoms with Crippen LogP contribution in [0.25, 0.3) is 16.4 Å². The molecule has 0 saturated carbocycles. The SMILES string of the molecule is Cc1cc(NC(=O)Cc2ccccc2)n(-c2nc(-c3ccc(F)cc3)cs2)n1. The molecule has 4 aromatic rings. The van der Waals surface area contributed by atoms with Crippen LogP contribution < -0.4 is 5.32 Å². The number of nitrogens with zero attached hydrogens (tertiary/aromatic N) is 3. The molecule has 7 heteroatoms. The average molecular weight is 392 g/mol. The van der Waals surface area contributed by atoms with Gasteiger partial charge < -0.3 is 5.32 Å². The molecule has 0 radical (unpaired) electrons. The Morgan fingerprint density at radius 1 is 1.14 bits per heavy atom. The Morgan fingerprint density at radius 3 is 2.64 bits per heavy atom. The first-order chi connectivity index (χ1) is 13.6. The van der Waals surface area contributed by atoms with Gasteiger partial charge in [0.25, 0.3) is 0 Å². The number of amides is 1. The summed E-state index contributed by atoms with van der Waals surface area (Å²) >= 11 is 1.40. The van der Waals surface area contributed by atoms with Crippen LogP contribution in [-0.4, -0.2) is 20.7 Å². The number of carbonyl (C=O) groups excluding carboxylic acids is 1. The zero-order chi connectivity index (χ0) is 19.5. The van der Waals surface area contributed by atoms with E-state index in [1.54, 1.807) is 16.8 Å². The normalized spacial score (nSPS) is 10.8. The van der Waals surface area contributed by atoms with E-state index in [9.17, 15) is 9.18 Å². The van der Waals surface area contributed by atoms with Crippen LogP contribution in [0.4, 0.5) is 10.2 Å². The number of benzene rings is 2. The highest BCUT2D eigenvalue weighted by Crippen LogP contribution is 2.26. The van der Waals surface area contributed by atoms with Crippen molar-refractivity contribution in [3.05, 3.63) is 83.1 Å². The molecule has 0 bridgehead atoms. The summed E-state index contributed by atoms with van der Waals surface area (Å²) in [5, 5.41) is 9.88. The van der Waals surface area contributed by atoms with Gasteiger partial charge in [-0.2, -0.15) is 9.78 Å². The molecule has 28 heavy (non-hydrogen) atoms. The number of hydrogen-bond acceptors (Lipinski definition) is 4. The fourth-order valence-corrected chi connectivity index (χ4v) is 3.61. The average Bonchev–Trinajstić information content (AvgIpc) is 3.30. The Bertz CT molecular complexity index is 1100. The number of aromatic nitrogens is 3. The maximum absolute atomic E-state index is 13.1. The number of thiazole rings is 1. The summed E-state index contributed by atoms with van der Waals surface area (Å²) in [5.74, 6) is 0.159. The van der Waals surface area contributed by atoms with Crippen LogP contribution in [-0.2, 0) is 11.2 Å². The molecule has 0 atom stereocenters. The number of anilines is 1. The summed E-state index contributed by atoms with van der Waals surface area (Å²) in [7, 11) is 0. The Morgan fingerprint density at radius 2 is 1.89 bits per heavy atom. The maximum atomic E-state index is 13.1. The molecule has 0 fully saturated rings. The summed E-state index contributed by atoms with van der Waals surface area (Å²) in [6.07, 6.45) is 0.282. The van der Waals surface area contributed by atoms with E-state index < -0.39 is 0 Å². The van der Waals surface area contributed by atoms with Crippen molar-refractivity contribution in [1.82, 2.24) is 14.8 Å². The number of carbonyl (C=O) groups is 1. The minimum absolute atomic E-state index is 0.123. The smallest absolute Gasteiger partial charge is 0.229 e. The largest absolute Gasteiger partial charge is 0.310 e. The fourth-order valence-electron chi connectivity index (χ4n) is 2.82. The van der Waals surface area contributed by atoms with E-state index in [0.29, 0.717) is 10.9 Å². The van der Waals surface area contributed by atoms with Crippen molar-refractivity contribution in [1.29, 1.82) is 0 Å². The van der Waals surface area contributed by atoms with Gasteiger partial charge in [0.05, 0.1) is 17.8 Å². The van der Waals surface area contributed by atoms with Crippen molar-refractivity contribution in [2.45, 2.75) is 13.3 Å². The summed E-state index contributed by atoms with van der Waals surface area (Å²) < 4.78 is 14.8. The van der Waals surface area contributed by atoms with Gasteiger partial charge in [0.2, 0.25) is 11.0 Å². The zero-order valence-electron chi connectivity index (χ0n) is 15.1. The molecular formula is C21H17FN4OS. The predicted octanol–water partition coefficient (Wildman–Crippen LogP) is 4.62. The lowest BCUT2D eigenvalue weighted by Gasteiger charge is -2.06. The third kappa shape index (κ3) is 3.99. The minimum Gasteiger partial charge on any atom is -0.310 e. The van der Waals surface area contributed by atoms with Gasteiger partial charge in [0.1, 0.15) is 11.6 Å². The zero-order valence-corrected chi connectivity index (χ0v) is 15.9. The molecule has 0 unspecified atom stereocenters. The summed E-state index contributed by atoms with van der Waals surface area (Å²) in [5.41, 5.74) is 3.27. The molecule has 2 heterocycles. The maximum Gasteiger partial charge on any atom is 0.229 e. The Balaban J connectivity index is 1.56. The van der Waals surface area contributed by atoms with Gasteiger partial charge in [-0.05, 0) is 36.8 Å². The van der Waals surface area contributed by atoms with Crippen LogP contribution in [0.3, 0.4) is 0 Å². The molecule has 5 nitrogen and oxygen atoms in total. The highest BCUT2D eigenvalue weighted by atomic mass is 32.1. The summed E-state index contributed by atoms with van der Waals surface area (Å²) in [4.78, 5) is 17.0. The number of rotatable bonds is 5. The van der Waals surface area contributed by atoms with Gasteiger partial charge in [-0.25, -0.2) is 9.37 Å². The van der Waals surface area contributed by atoms with Crippen molar-refractivity contribution in [3.8, 4) is 16.4 Å². The third-order valence-electron chi connectivity index (χ3n) is 4.12. The van der Waals surface area contributed by atoms with Crippen LogP contribution in [0.1, 0.15) is 11.3 Å². The van der Waals surface area contributed by atoms with Gasteiger partial charge in [0, 0.05) is 17.0 Å². The molecule has 2 aromatic heterocycles. The number of hydrogen-bond donors (Lipinski definition) is 1. The van der Waals surface area contributed by atoms with E-state index in [1.807, 2.05) is 48.7 Å². The molecule has 0 spiro atoms. The molecular weight excluding hydrogens is 375 g/mol. The van der Waals surface area contributed by atoms with E-state index in [-0.39, 0.29) is 18.1 Å². The lowest BCUT2D eigenvalue weighted by atomic mass is 10.1. The van der Waals surface area contributed by atoms with Crippen LogP contribution in [0.2, 0.25) is 0 Å². The first kappa shape index (κ1) is 18.1. The molecule has 4 rings (SSSR count). The van der Waals surface area contributed by atoms with E-state index in [4.69, 9.17) is 0 Å². The van der Waals surface area contributed by atoms with Gasteiger partial charge in [-0.1, -0.05) is 30.3 Å². The lowest BCUT2D eigenvalue weighted by Crippen LogP contribution is -2.17. The molecule has 0 saturated heterocycles. The van der Waals surface area contributed by atoms with Crippen LogP contribution in [0, 0.1) is 12.7 Å². The second-order valence-electron chi connectivity index (χ2n) is 6.32. The van der Waals surface area contributed by atoms with Crippen molar-refractivity contribution in [2.24, 2.45) is 0 Å². The molecule has 140 valence electrons. The molecule has 0 aliphatic rings. The Hall–Kier alpha value is -3.32. The van der Waals surface area contributed by atoms with Crippen LogP contribution >= 0.6 is 11.3 Å². The minimum atomic E-state index is -0.287. The van der Waals surface area contributed by atoms with Gasteiger partial charge in [0.15, 0.2) is 0 Å². The second-order valence-corrected chi connectivity index (χ2v) is 7.15. The highest BCUT2D eigenvalue weighted by Gasteiger charge is 2.15. The van der Waals surface area contributed by atoms with Gasteiger partial charge in [-0.3, -0.25) is 4.79 Å². The molecule has 0 aliphatic carbocycles. The lowest BCUT2D eigenvalue weighted by molar-refractivity contribution is -0.115. The highest BCUT2D eigenvalue weighted by molar-refractivity contribution is 7.12. The quantitative estimate of drug-likeness (QED) is 0.539. The first-order valence-electron chi connectivity index (χ1n) is 8.71. The fraction of sp³-hybridized carbons (Fsp3) is 0.0952. The molecule has 1 N–H and O–H groups in total. The van der Waals surface area contributed by atoms with Crippen LogP contribution in [0.15, 0.2) is 66.0 Å². The monoisotopic (exact) mass is 392 g/mol. The standard InChI is InChI=1S/C21H17FN4OS/c1-14-11-19(24-20(27)12-15-5-3-2-4-6-15)26(25-14)21-23-18(13-28-21)16-7-9-17(22)10-8-16/h2-11,13H,12H2,1H3,(H,24,27). The van der Waals surface area contributed by atoms with Crippen LogP contribution in [0.5, 0.6) is 0 Å².